The Bertz CT molecular complexity index is 247. The van der Waals surface area contributed by atoms with Crippen LogP contribution in [0.5, 0.6) is 0 Å². The van der Waals surface area contributed by atoms with Gasteiger partial charge in [0.15, 0.2) is 0 Å². The van der Waals surface area contributed by atoms with Crippen LogP contribution in [0, 0.1) is 17.8 Å². The second kappa shape index (κ2) is 6.38. The smallest absolute Gasteiger partial charge is 0.0249 e. The summed E-state index contributed by atoms with van der Waals surface area (Å²) in [6, 6.07) is 1.47. The summed E-state index contributed by atoms with van der Waals surface area (Å²) in [4.78, 5) is 2.67. The number of rotatable bonds is 5. The van der Waals surface area contributed by atoms with Gasteiger partial charge in [0.1, 0.15) is 0 Å². The third-order valence-corrected chi connectivity index (χ3v) is 5.51. The van der Waals surface area contributed by atoms with Gasteiger partial charge in [-0.1, -0.05) is 20.3 Å². The minimum absolute atomic E-state index is 0.713. The van der Waals surface area contributed by atoms with E-state index < -0.39 is 0 Å². The predicted octanol–water partition coefficient (Wildman–Crippen LogP) is 3.13. The molecule has 0 bridgehead atoms. The standard InChI is InChI=1S/C16H32N2/c1-12(2)14-8-9-15(17-3)16(10-14)18(4)11-13-6-5-7-13/h12-17H,5-11H2,1-4H3. The van der Waals surface area contributed by atoms with E-state index in [0.717, 1.165) is 23.8 Å². The molecule has 0 aliphatic heterocycles. The van der Waals surface area contributed by atoms with E-state index in [0.29, 0.717) is 6.04 Å². The van der Waals surface area contributed by atoms with E-state index in [9.17, 15) is 0 Å². The Hall–Kier alpha value is -0.0800. The number of nitrogens with zero attached hydrogens (tertiary/aromatic N) is 1. The zero-order valence-electron chi connectivity index (χ0n) is 12.8. The Balaban J connectivity index is 1.91. The second-order valence-electron chi connectivity index (χ2n) is 7.02. The maximum Gasteiger partial charge on any atom is 0.0249 e. The Morgan fingerprint density at radius 2 is 1.89 bits per heavy atom. The highest BCUT2D eigenvalue weighted by atomic mass is 15.2. The average molecular weight is 252 g/mol. The molecule has 0 spiro atoms. The fourth-order valence-corrected chi connectivity index (χ4v) is 3.83. The Kier molecular flexibility index (Phi) is 5.08. The van der Waals surface area contributed by atoms with Crippen molar-refractivity contribution in [3.8, 4) is 0 Å². The summed E-state index contributed by atoms with van der Waals surface area (Å²) in [6.45, 7) is 6.12. The fourth-order valence-electron chi connectivity index (χ4n) is 3.83. The molecule has 18 heavy (non-hydrogen) atoms. The van der Waals surface area contributed by atoms with Gasteiger partial charge < -0.3 is 10.2 Å². The van der Waals surface area contributed by atoms with Crippen LogP contribution in [0.25, 0.3) is 0 Å². The van der Waals surface area contributed by atoms with E-state index in [1.165, 1.54) is 45.1 Å². The summed E-state index contributed by atoms with van der Waals surface area (Å²) in [5, 5.41) is 3.56. The van der Waals surface area contributed by atoms with Gasteiger partial charge in [-0.15, -0.1) is 0 Å². The van der Waals surface area contributed by atoms with Crippen LogP contribution >= 0.6 is 0 Å². The lowest BCUT2D eigenvalue weighted by Gasteiger charge is -2.44. The molecule has 3 unspecified atom stereocenters. The van der Waals surface area contributed by atoms with Gasteiger partial charge in [0.05, 0.1) is 0 Å². The highest BCUT2D eigenvalue weighted by molar-refractivity contribution is 4.91. The molecule has 2 fully saturated rings. The van der Waals surface area contributed by atoms with Crippen molar-refractivity contribution in [1.29, 1.82) is 0 Å². The molecule has 0 heterocycles. The molecular weight excluding hydrogens is 220 g/mol. The van der Waals surface area contributed by atoms with Gasteiger partial charge in [-0.25, -0.2) is 0 Å². The van der Waals surface area contributed by atoms with Crippen molar-refractivity contribution in [2.24, 2.45) is 17.8 Å². The highest BCUT2D eigenvalue weighted by Crippen LogP contribution is 2.34. The molecule has 0 aromatic carbocycles. The first kappa shape index (κ1) is 14.3. The minimum atomic E-state index is 0.713. The Morgan fingerprint density at radius 3 is 2.39 bits per heavy atom. The lowest BCUT2D eigenvalue weighted by atomic mass is 9.76. The van der Waals surface area contributed by atoms with Crippen LogP contribution in [-0.4, -0.2) is 37.6 Å². The maximum absolute atomic E-state index is 3.56. The summed E-state index contributed by atoms with van der Waals surface area (Å²) in [5.41, 5.74) is 0. The normalized spacial score (nSPS) is 34.0. The zero-order chi connectivity index (χ0) is 13.1. The lowest BCUT2D eigenvalue weighted by Crippen LogP contribution is -2.53. The van der Waals surface area contributed by atoms with Crippen molar-refractivity contribution < 1.29 is 0 Å². The van der Waals surface area contributed by atoms with Crippen LogP contribution in [0.1, 0.15) is 52.4 Å². The van der Waals surface area contributed by atoms with Crippen LogP contribution in [0.2, 0.25) is 0 Å². The van der Waals surface area contributed by atoms with Gasteiger partial charge in [-0.2, -0.15) is 0 Å². The summed E-state index contributed by atoms with van der Waals surface area (Å²) < 4.78 is 0. The van der Waals surface area contributed by atoms with Crippen molar-refractivity contribution in [3.63, 3.8) is 0 Å². The average Bonchev–Trinajstić information content (AvgIpc) is 2.32. The SMILES string of the molecule is CNC1CCC(C(C)C)CC1N(C)CC1CCC1. The largest absolute Gasteiger partial charge is 0.315 e. The van der Waals surface area contributed by atoms with Gasteiger partial charge in [0.2, 0.25) is 0 Å². The highest BCUT2D eigenvalue weighted by Gasteiger charge is 2.34. The second-order valence-corrected chi connectivity index (χ2v) is 7.02. The summed E-state index contributed by atoms with van der Waals surface area (Å²) in [5.74, 6) is 2.78. The van der Waals surface area contributed by atoms with Gasteiger partial charge in [-0.05, 0) is 64.0 Å². The summed E-state index contributed by atoms with van der Waals surface area (Å²) >= 11 is 0. The van der Waals surface area contributed by atoms with Crippen molar-refractivity contribution in [2.75, 3.05) is 20.6 Å². The van der Waals surface area contributed by atoms with Gasteiger partial charge in [-0.3, -0.25) is 0 Å². The van der Waals surface area contributed by atoms with Crippen LogP contribution in [-0.2, 0) is 0 Å². The van der Waals surface area contributed by atoms with Crippen molar-refractivity contribution in [1.82, 2.24) is 10.2 Å². The lowest BCUT2D eigenvalue weighted by molar-refractivity contribution is 0.0802. The molecule has 2 aliphatic rings. The van der Waals surface area contributed by atoms with Crippen molar-refractivity contribution in [2.45, 2.75) is 64.5 Å². The molecule has 0 aromatic heterocycles. The zero-order valence-corrected chi connectivity index (χ0v) is 12.8. The molecule has 2 heteroatoms. The van der Waals surface area contributed by atoms with Crippen LogP contribution < -0.4 is 5.32 Å². The Labute approximate surface area is 114 Å². The van der Waals surface area contributed by atoms with E-state index in [2.05, 4.69) is 38.2 Å². The first-order valence-electron chi connectivity index (χ1n) is 7.99. The molecule has 2 rings (SSSR count). The molecule has 0 saturated heterocycles. The minimum Gasteiger partial charge on any atom is -0.315 e. The number of nitrogens with one attached hydrogen (secondary N) is 1. The Morgan fingerprint density at radius 1 is 1.17 bits per heavy atom. The van der Waals surface area contributed by atoms with Gasteiger partial charge in [0.25, 0.3) is 0 Å². The topological polar surface area (TPSA) is 15.3 Å². The first-order valence-corrected chi connectivity index (χ1v) is 7.99. The molecule has 0 radical (unpaired) electrons. The number of likely N-dealkylation sites (N-methyl/N-ethyl adjacent to an activating group) is 2. The van der Waals surface area contributed by atoms with Gasteiger partial charge in [0, 0.05) is 18.6 Å². The molecule has 3 atom stereocenters. The molecule has 1 N–H and O–H groups in total. The maximum atomic E-state index is 3.56. The molecule has 106 valence electrons. The molecule has 2 nitrogen and oxygen atoms in total. The van der Waals surface area contributed by atoms with Crippen LogP contribution in [0.4, 0.5) is 0 Å². The van der Waals surface area contributed by atoms with E-state index in [-0.39, 0.29) is 0 Å². The van der Waals surface area contributed by atoms with E-state index >= 15 is 0 Å². The van der Waals surface area contributed by atoms with E-state index in [4.69, 9.17) is 0 Å². The van der Waals surface area contributed by atoms with E-state index in [1.807, 2.05) is 0 Å². The summed E-state index contributed by atoms with van der Waals surface area (Å²) in [7, 11) is 4.50. The fraction of sp³-hybridized carbons (Fsp3) is 1.00. The third-order valence-electron chi connectivity index (χ3n) is 5.51. The molecule has 0 aromatic rings. The van der Waals surface area contributed by atoms with Crippen molar-refractivity contribution in [3.05, 3.63) is 0 Å². The molecule has 2 saturated carbocycles. The first-order chi connectivity index (χ1) is 8.61. The van der Waals surface area contributed by atoms with Crippen LogP contribution in [0.3, 0.4) is 0 Å². The summed E-state index contributed by atoms with van der Waals surface area (Å²) in [6.07, 6.45) is 8.57. The van der Waals surface area contributed by atoms with E-state index in [1.54, 1.807) is 0 Å². The van der Waals surface area contributed by atoms with Gasteiger partial charge >= 0.3 is 0 Å². The predicted molar refractivity (Wildman–Crippen MR) is 78.8 cm³/mol. The molecule has 2 aliphatic carbocycles. The quantitative estimate of drug-likeness (QED) is 0.809. The third kappa shape index (κ3) is 3.27. The molecule has 0 amide bonds. The number of hydrogen-bond acceptors (Lipinski definition) is 2. The van der Waals surface area contributed by atoms with Crippen LogP contribution in [0.15, 0.2) is 0 Å². The van der Waals surface area contributed by atoms with Crippen molar-refractivity contribution >= 4 is 0 Å². The monoisotopic (exact) mass is 252 g/mol. The number of hydrogen-bond donors (Lipinski definition) is 1. The molecular formula is C16H32N2.